The number of thioether (sulfide) groups is 1. The number of H-pyrrole nitrogens is 1. The SMILES string of the molecule is COC(=O)[C@@H](NCC(N)C(C)CCC(=O)CCc1cnc[nH]1)[C@H](CSC)C(=O)c1nccc2ccccc12. The van der Waals surface area contributed by atoms with E-state index in [0.717, 1.165) is 16.5 Å². The summed E-state index contributed by atoms with van der Waals surface area (Å²) in [6.45, 7) is 2.29. The first-order valence-electron chi connectivity index (χ1n) is 12.8. The van der Waals surface area contributed by atoms with E-state index >= 15 is 0 Å². The lowest BCUT2D eigenvalue weighted by atomic mass is 9.91. The lowest BCUT2D eigenvalue weighted by Gasteiger charge is -2.27. The molecule has 0 amide bonds. The van der Waals surface area contributed by atoms with Crippen molar-refractivity contribution in [1.82, 2.24) is 20.3 Å². The van der Waals surface area contributed by atoms with Crippen LogP contribution < -0.4 is 11.1 Å². The van der Waals surface area contributed by atoms with Gasteiger partial charge >= 0.3 is 5.97 Å². The number of ether oxygens (including phenoxy) is 1. The van der Waals surface area contributed by atoms with Crippen molar-refractivity contribution in [2.24, 2.45) is 17.6 Å². The van der Waals surface area contributed by atoms with Crippen LogP contribution in [0.4, 0.5) is 0 Å². The maximum Gasteiger partial charge on any atom is 0.323 e. The van der Waals surface area contributed by atoms with Crippen LogP contribution in [0.3, 0.4) is 0 Å². The summed E-state index contributed by atoms with van der Waals surface area (Å²) < 4.78 is 5.07. The number of aromatic nitrogens is 3. The molecule has 0 radical (unpaired) electrons. The molecule has 2 heterocycles. The number of Topliss-reactive ketones (excluding diaryl/α,β-unsaturated/α-hetero) is 2. The highest BCUT2D eigenvalue weighted by Gasteiger charge is 2.36. The molecule has 0 saturated heterocycles. The number of ketones is 2. The smallest absolute Gasteiger partial charge is 0.323 e. The standard InChI is InChI=1S/C28H37N5O4S/c1-18(8-10-21(34)11-9-20-14-30-17-33-20)24(29)15-32-26(28(36)37-2)23(16-38-3)27(35)25-22-7-5-4-6-19(22)12-13-31-25/h4-7,12-14,17-18,23-24,26,32H,8-11,15-16,29H2,1-3H3,(H,30,33)/t18?,23-,24?,26-/m0/s1. The second kappa shape index (κ2) is 14.8. The number of imidazole rings is 1. The third kappa shape index (κ3) is 7.96. The highest BCUT2D eigenvalue weighted by atomic mass is 32.2. The number of aromatic amines is 1. The van der Waals surface area contributed by atoms with Gasteiger partial charge in [0.2, 0.25) is 0 Å². The number of hydrogen-bond acceptors (Lipinski definition) is 9. The summed E-state index contributed by atoms with van der Waals surface area (Å²) >= 11 is 1.48. The molecule has 0 bridgehead atoms. The van der Waals surface area contributed by atoms with Crippen molar-refractivity contribution in [3.05, 3.63) is 60.4 Å². The van der Waals surface area contributed by atoms with Crippen LogP contribution in [0.15, 0.2) is 49.1 Å². The van der Waals surface area contributed by atoms with Gasteiger partial charge < -0.3 is 20.8 Å². The summed E-state index contributed by atoms with van der Waals surface area (Å²) in [6.07, 6.45) is 8.99. The minimum atomic E-state index is -0.880. The highest BCUT2D eigenvalue weighted by Crippen LogP contribution is 2.23. The van der Waals surface area contributed by atoms with E-state index in [2.05, 4.69) is 20.3 Å². The number of fused-ring (bicyclic) bond motifs is 1. The summed E-state index contributed by atoms with van der Waals surface area (Å²) in [6, 6.07) is 8.22. The lowest BCUT2D eigenvalue weighted by molar-refractivity contribution is -0.144. The second-order valence-corrected chi connectivity index (χ2v) is 10.4. The molecule has 204 valence electrons. The fourth-order valence-electron chi connectivity index (χ4n) is 4.40. The van der Waals surface area contributed by atoms with Gasteiger partial charge in [-0.3, -0.25) is 19.4 Å². The summed E-state index contributed by atoms with van der Waals surface area (Å²) in [5.41, 5.74) is 7.71. The number of rotatable bonds is 16. The van der Waals surface area contributed by atoms with Gasteiger partial charge in [0.1, 0.15) is 17.5 Å². The van der Waals surface area contributed by atoms with Crippen molar-refractivity contribution in [3.8, 4) is 0 Å². The molecule has 0 spiro atoms. The number of pyridine rings is 1. The molecule has 0 aliphatic heterocycles. The van der Waals surface area contributed by atoms with Gasteiger partial charge in [-0.1, -0.05) is 31.2 Å². The molecule has 3 rings (SSSR count). The zero-order chi connectivity index (χ0) is 27.5. The van der Waals surface area contributed by atoms with Gasteiger partial charge in [-0.15, -0.1) is 0 Å². The van der Waals surface area contributed by atoms with E-state index in [4.69, 9.17) is 10.5 Å². The molecular weight excluding hydrogens is 502 g/mol. The molecule has 0 fully saturated rings. The van der Waals surface area contributed by atoms with Crippen LogP contribution in [-0.4, -0.2) is 70.2 Å². The Bertz CT molecular complexity index is 1200. The van der Waals surface area contributed by atoms with Crippen LogP contribution in [0.1, 0.15) is 42.4 Å². The zero-order valence-corrected chi connectivity index (χ0v) is 23.0. The summed E-state index contributed by atoms with van der Waals surface area (Å²) in [7, 11) is 1.31. The van der Waals surface area contributed by atoms with E-state index in [9.17, 15) is 14.4 Å². The van der Waals surface area contributed by atoms with Crippen molar-refractivity contribution in [1.29, 1.82) is 0 Å². The first-order valence-corrected chi connectivity index (χ1v) is 14.2. The molecular formula is C28H37N5O4S. The Kier molecular flexibility index (Phi) is 11.4. The predicted molar refractivity (Wildman–Crippen MR) is 150 cm³/mol. The molecule has 9 nitrogen and oxygen atoms in total. The first kappa shape index (κ1) is 29.5. The number of aryl methyl sites for hydroxylation is 1. The fourth-order valence-corrected chi connectivity index (χ4v) is 5.10. The normalized spacial score (nSPS) is 14.5. The summed E-state index contributed by atoms with van der Waals surface area (Å²) in [5, 5.41) is 4.86. The maximum absolute atomic E-state index is 13.7. The number of nitrogens with one attached hydrogen (secondary N) is 2. The van der Waals surface area contributed by atoms with Gasteiger partial charge in [-0.25, -0.2) is 4.98 Å². The van der Waals surface area contributed by atoms with Crippen LogP contribution in [0, 0.1) is 11.8 Å². The molecule has 2 unspecified atom stereocenters. The Morgan fingerprint density at radius 2 is 1.97 bits per heavy atom. The van der Waals surface area contributed by atoms with E-state index in [0.29, 0.717) is 43.7 Å². The highest BCUT2D eigenvalue weighted by molar-refractivity contribution is 7.98. The number of methoxy groups -OCH3 is 1. The van der Waals surface area contributed by atoms with Crippen LogP contribution in [0.2, 0.25) is 0 Å². The molecule has 0 saturated carbocycles. The molecule has 10 heteroatoms. The van der Waals surface area contributed by atoms with Crippen LogP contribution in [-0.2, 0) is 20.7 Å². The number of nitrogens with zero attached hydrogens (tertiary/aromatic N) is 2. The third-order valence-corrected chi connectivity index (χ3v) is 7.55. The molecule has 4 atom stereocenters. The van der Waals surface area contributed by atoms with Crippen LogP contribution in [0.25, 0.3) is 10.8 Å². The third-order valence-electron chi connectivity index (χ3n) is 6.86. The van der Waals surface area contributed by atoms with Gasteiger partial charge in [0.15, 0.2) is 5.78 Å². The minimum absolute atomic E-state index is 0.0336. The zero-order valence-electron chi connectivity index (χ0n) is 22.2. The average Bonchev–Trinajstić information content (AvgIpc) is 3.47. The van der Waals surface area contributed by atoms with Crippen molar-refractivity contribution < 1.29 is 19.1 Å². The van der Waals surface area contributed by atoms with Gasteiger partial charge in [0.25, 0.3) is 0 Å². The lowest BCUT2D eigenvalue weighted by Crippen LogP contribution is -2.52. The van der Waals surface area contributed by atoms with E-state index in [1.54, 1.807) is 18.7 Å². The number of esters is 1. The molecule has 0 aliphatic rings. The monoisotopic (exact) mass is 539 g/mol. The second-order valence-electron chi connectivity index (χ2n) is 9.51. The predicted octanol–water partition coefficient (Wildman–Crippen LogP) is 3.20. The number of hydrogen-bond donors (Lipinski definition) is 3. The molecule has 3 aromatic rings. The summed E-state index contributed by atoms with van der Waals surface area (Å²) in [4.78, 5) is 50.2. The number of nitrogens with two attached hydrogens (primary N) is 1. The van der Waals surface area contributed by atoms with Gasteiger partial charge in [0, 0.05) is 54.7 Å². The Morgan fingerprint density at radius 3 is 2.68 bits per heavy atom. The molecule has 0 aliphatic carbocycles. The van der Waals surface area contributed by atoms with E-state index < -0.39 is 17.9 Å². The largest absolute Gasteiger partial charge is 0.468 e. The van der Waals surface area contributed by atoms with E-state index in [-0.39, 0.29) is 23.5 Å². The minimum Gasteiger partial charge on any atom is -0.468 e. The molecule has 38 heavy (non-hydrogen) atoms. The Balaban J connectivity index is 1.63. The Labute approximate surface area is 227 Å². The van der Waals surface area contributed by atoms with Crippen molar-refractivity contribution in [2.75, 3.05) is 25.7 Å². The van der Waals surface area contributed by atoms with Gasteiger partial charge in [-0.05, 0) is 36.5 Å². The number of benzene rings is 1. The van der Waals surface area contributed by atoms with Crippen LogP contribution in [0.5, 0.6) is 0 Å². The summed E-state index contributed by atoms with van der Waals surface area (Å²) in [5.74, 6) is -0.817. The number of carbonyl (C=O) groups excluding carboxylic acids is 3. The van der Waals surface area contributed by atoms with E-state index in [1.807, 2.05) is 43.5 Å². The van der Waals surface area contributed by atoms with Gasteiger partial charge in [-0.2, -0.15) is 11.8 Å². The molecule has 2 aromatic heterocycles. The molecule has 1 aromatic carbocycles. The Morgan fingerprint density at radius 1 is 1.18 bits per heavy atom. The Hall–Kier alpha value is -3.08. The topological polar surface area (TPSA) is 140 Å². The quantitative estimate of drug-likeness (QED) is 0.185. The molecule has 4 N–H and O–H groups in total. The van der Waals surface area contributed by atoms with Crippen molar-refractivity contribution in [3.63, 3.8) is 0 Å². The van der Waals surface area contributed by atoms with Crippen LogP contribution >= 0.6 is 11.8 Å². The first-order chi connectivity index (χ1) is 18.3. The van der Waals surface area contributed by atoms with Crippen molar-refractivity contribution >= 4 is 40.1 Å². The maximum atomic E-state index is 13.7. The van der Waals surface area contributed by atoms with E-state index in [1.165, 1.54) is 18.9 Å². The average molecular weight is 540 g/mol. The number of carbonyl (C=O) groups is 3. The van der Waals surface area contributed by atoms with Crippen molar-refractivity contribution in [2.45, 2.75) is 44.7 Å². The van der Waals surface area contributed by atoms with Gasteiger partial charge in [0.05, 0.1) is 19.4 Å². The fraction of sp³-hybridized carbons (Fsp3) is 0.464.